The van der Waals surface area contributed by atoms with Crippen molar-refractivity contribution in [3.8, 4) is 0 Å². The van der Waals surface area contributed by atoms with Gasteiger partial charge in [-0.3, -0.25) is 0 Å². The zero-order valence-electron chi connectivity index (χ0n) is 14.3. The van der Waals surface area contributed by atoms with Gasteiger partial charge in [-0.25, -0.2) is 9.59 Å². The molecule has 0 aliphatic rings. The molecule has 2 aromatic carbocycles. The molecule has 0 aliphatic carbocycles. The van der Waals surface area contributed by atoms with Gasteiger partial charge in [-0.15, -0.1) is 0 Å². The molecular weight excluding hydrogens is 320 g/mol. The second-order valence-electron chi connectivity index (χ2n) is 5.72. The number of carboxylic acids is 2. The first kappa shape index (κ1) is 18.3. The largest absolute Gasteiger partial charge is 0.478 e. The zero-order valence-corrected chi connectivity index (χ0v) is 14.3. The number of anilines is 2. The summed E-state index contributed by atoms with van der Waals surface area (Å²) in [7, 11) is 3.41. The fourth-order valence-electron chi connectivity index (χ4n) is 2.78. The third-order valence-electron chi connectivity index (χ3n) is 4.10. The molecule has 4 N–H and O–H groups in total. The van der Waals surface area contributed by atoms with Gasteiger partial charge in [0.25, 0.3) is 0 Å². The van der Waals surface area contributed by atoms with E-state index in [4.69, 9.17) is 10.2 Å². The third kappa shape index (κ3) is 4.50. The molecule has 0 unspecified atom stereocenters. The Kier molecular flexibility index (Phi) is 6.00. The molecular formula is C19H22N2O4. The predicted molar refractivity (Wildman–Crippen MR) is 97.9 cm³/mol. The Morgan fingerprint density at radius 3 is 1.52 bits per heavy atom. The van der Waals surface area contributed by atoms with Gasteiger partial charge in [0.1, 0.15) is 0 Å². The van der Waals surface area contributed by atoms with Gasteiger partial charge >= 0.3 is 11.9 Å². The molecule has 0 fully saturated rings. The van der Waals surface area contributed by atoms with Crippen molar-refractivity contribution in [1.29, 1.82) is 0 Å². The average Bonchev–Trinajstić information content (AvgIpc) is 2.60. The molecule has 25 heavy (non-hydrogen) atoms. The van der Waals surface area contributed by atoms with Gasteiger partial charge in [0.2, 0.25) is 0 Å². The molecule has 0 heterocycles. The molecule has 0 saturated carbocycles. The topological polar surface area (TPSA) is 98.7 Å². The highest BCUT2D eigenvalue weighted by Crippen LogP contribution is 2.21. The summed E-state index contributed by atoms with van der Waals surface area (Å²) in [6.45, 7) is 0. The van der Waals surface area contributed by atoms with Crippen LogP contribution in [0.5, 0.6) is 0 Å². The van der Waals surface area contributed by atoms with Crippen LogP contribution in [0.3, 0.4) is 0 Å². The smallest absolute Gasteiger partial charge is 0.337 e. The molecule has 0 aliphatic heterocycles. The fourth-order valence-corrected chi connectivity index (χ4v) is 2.78. The summed E-state index contributed by atoms with van der Waals surface area (Å²) in [5.41, 5.74) is 3.85. The van der Waals surface area contributed by atoms with Crippen molar-refractivity contribution in [2.45, 2.75) is 19.3 Å². The maximum Gasteiger partial charge on any atom is 0.337 e. The van der Waals surface area contributed by atoms with E-state index >= 15 is 0 Å². The molecule has 6 heteroatoms. The average molecular weight is 342 g/mol. The van der Waals surface area contributed by atoms with Crippen molar-refractivity contribution in [1.82, 2.24) is 0 Å². The quantitative estimate of drug-likeness (QED) is 0.587. The van der Waals surface area contributed by atoms with Crippen LogP contribution in [0, 0.1) is 0 Å². The van der Waals surface area contributed by atoms with Crippen molar-refractivity contribution in [3.63, 3.8) is 0 Å². The molecule has 0 saturated heterocycles. The maximum absolute atomic E-state index is 11.1. The normalized spacial score (nSPS) is 10.3. The number of aromatic carboxylic acids is 2. The number of rotatable bonds is 8. The van der Waals surface area contributed by atoms with E-state index < -0.39 is 11.9 Å². The Hall–Kier alpha value is -3.02. The lowest BCUT2D eigenvalue weighted by atomic mass is 10.0. The number of hydrogen-bond donors (Lipinski definition) is 4. The van der Waals surface area contributed by atoms with Crippen molar-refractivity contribution >= 4 is 23.3 Å². The van der Waals surface area contributed by atoms with Gasteiger partial charge in [-0.1, -0.05) is 12.1 Å². The van der Waals surface area contributed by atoms with E-state index in [0.29, 0.717) is 11.4 Å². The first-order chi connectivity index (χ1) is 12.0. The first-order valence-electron chi connectivity index (χ1n) is 8.04. The molecule has 0 amide bonds. The standard InChI is InChI=1S/C19H22N2O4/c1-20-16-10-12(6-8-14(16)18(22)23)4-3-5-13-7-9-15(19(24)25)17(11-13)21-2/h6-11,20-21H,3-5H2,1-2H3,(H,22,23)(H,24,25). The van der Waals surface area contributed by atoms with Crippen molar-refractivity contribution in [2.75, 3.05) is 24.7 Å². The summed E-state index contributed by atoms with van der Waals surface area (Å²) in [5, 5.41) is 24.1. The Balaban J connectivity index is 2.03. The Bertz CT molecular complexity index is 721. The van der Waals surface area contributed by atoms with E-state index in [0.717, 1.165) is 30.4 Å². The first-order valence-corrected chi connectivity index (χ1v) is 8.04. The van der Waals surface area contributed by atoms with Gasteiger partial charge in [0.15, 0.2) is 0 Å². The lowest BCUT2D eigenvalue weighted by Gasteiger charge is -2.10. The van der Waals surface area contributed by atoms with Crippen molar-refractivity contribution in [2.24, 2.45) is 0 Å². The lowest BCUT2D eigenvalue weighted by Crippen LogP contribution is -2.04. The van der Waals surface area contributed by atoms with E-state index in [9.17, 15) is 9.59 Å². The minimum Gasteiger partial charge on any atom is -0.478 e. The highest BCUT2D eigenvalue weighted by atomic mass is 16.4. The number of carboxylic acid groups (broad SMARTS) is 2. The van der Waals surface area contributed by atoms with E-state index in [2.05, 4.69) is 10.6 Å². The van der Waals surface area contributed by atoms with Crippen LogP contribution in [0.25, 0.3) is 0 Å². The molecule has 2 aromatic rings. The van der Waals surface area contributed by atoms with E-state index in [1.807, 2.05) is 24.3 Å². The van der Waals surface area contributed by atoms with Gasteiger partial charge in [0.05, 0.1) is 11.1 Å². The van der Waals surface area contributed by atoms with Gasteiger partial charge in [-0.05, 0) is 54.7 Å². The summed E-state index contributed by atoms with van der Waals surface area (Å²) < 4.78 is 0. The second-order valence-corrected chi connectivity index (χ2v) is 5.72. The van der Waals surface area contributed by atoms with Gasteiger partial charge in [0, 0.05) is 25.5 Å². The number of nitrogens with one attached hydrogen (secondary N) is 2. The molecule has 132 valence electrons. The minimum atomic E-state index is -0.950. The van der Waals surface area contributed by atoms with E-state index in [1.54, 1.807) is 26.2 Å². The van der Waals surface area contributed by atoms with Crippen LogP contribution in [-0.2, 0) is 12.8 Å². The van der Waals surface area contributed by atoms with Crippen LogP contribution in [0.15, 0.2) is 36.4 Å². The summed E-state index contributed by atoms with van der Waals surface area (Å²) in [6.07, 6.45) is 2.50. The van der Waals surface area contributed by atoms with Crippen LogP contribution in [0.2, 0.25) is 0 Å². The SMILES string of the molecule is CNc1cc(CCCc2ccc(C(=O)O)c(NC)c2)ccc1C(=O)O. The number of hydrogen-bond acceptors (Lipinski definition) is 4. The summed E-state index contributed by atoms with van der Waals surface area (Å²) in [5.74, 6) is -1.90. The van der Waals surface area contributed by atoms with Gasteiger partial charge < -0.3 is 20.8 Å². The van der Waals surface area contributed by atoms with Crippen LogP contribution >= 0.6 is 0 Å². The Morgan fingerprint density at radius 2 is 1.20 bits per heavy atom. The lowest BCUT2D eigenvalue weighted by molar-refractivity contribution is 0.0687. The molecule has 6 nitrogen and oxygen atoms in total. The molecule has 0 radical (unpaired) electrons. The van der Waals surface area contributed by atoms with Gasteiger partial charge in [-0.2, -0.15) is 0 Å². The number of benzene rings is 2. The summed E-state index contributed by atoms with van der Waals surface area (Å²) >= 11 is 0. The third-order valence-corrected chi connectivity index (χ3v) is 4.10. The molecule has 0 bridgehead atoms. The Labute approximate surface area is 146 Å². The predicted octanol–water partition coefficient (Wildman–Crippen LogP) is 3.34. The minimum absolute atomic E-state index is 0.258. The number of carbonyl (C=O) groups is 2. The Morgan fingerprint density at radius 1 is 0.800 bits per heavy atom. The van der Waals surface area contributed by atoms with E-state index in [1.165, 1.54) is 0 Å². The van der Waals surface area contributed by atoms with Crippen LogP contribution in [0.1, 0.15) is 38.3 Å². The second kappa shape index (κ2) is 8.19. The molecule has 0 aromatic heterocycles. The zero-order chi connectivity index (χ0) is 18.4. The van der Waals surface area contributed by atoms with Crippen molar-refractivity contribution < 1.29 is 19.8 Å². The highest BCUT2D eigenvalue weighted by Gasteiger charge is 2.11. The van der Waals surface area contributed by atoms with Crippen LogP contribution in [-0.4, -0.2) is 36.2 Å². The van der Waals surface area contributed by atoms with E-state index in [-0.39, 0.29) is 11.1 Å². The highest BCUT2D eigenvalue weighted by molar-refractivity contribution is 5.94. The summed E-state index contributed by atoms with van der Waals surface area (Å²) in [4.78, 5) is 22.3. The van der Waals surface area contributed by atoms with Crippen molar-refractivity contribution in [3.05, 3.63) is 58.7 Å². The molecule has 0 atom stereocenters. The van der Waals surface area contributed by atoms with Crippen LogP contribution in [0.4, 0.5) is 11.4 Å². The monoisotopic (exact) mass is 342 g/mol. The van der Waals surface area contributed by atoms with Crippen LogP contribution < -0.4 is 10.6 Å². The number of aryl methyl sites for hydroxylation is 2. The molecule has 0 spiro atoms. The molecule has 2 rings (SSSR count). The fraction of sp³-hybridized carbons (Fsp3) is 0.263. The summed E-state index contributed by atoms with van der Waals surface area (Å²) in [6, 6.07) is 10.6. The maximum atomic E-state index is 11.1.